The molecule has 4 rings (SSSR count). The summed E-state index contributed by atoms with van der Waals surface area (Å²) in [6, 6.07) is 17.0. The lowest BCUT2D eigenvalue weighted by atomic mass is 10.1. The monoisotopic (exact) mass is 576 g/mol. The summed E-state index contributed by atoms with van der Waals surface area (Å²) < 4.78 is 20.1. The molecule has 2 amide bonds. The van der Waals surface area contributed by atoms with E-state index in [4.69, 9.17) is 4.74 Å². The third kappa shape index (κ3) is 7.49. The minimum atomic E-state index is -0.858. The highest BCUT2D eigenvalue weighted by molar-refractivity contribution is 6.01. The predicted molar refractivity (Wildman–Crippen MR) is 155 cm³/mol. The molecule has 0 saturated carbocycles. The molecule has 2 aromatic carbocycles. The average molecular weight is 577 g/mol. The maximum atomic E-state index is 13.6. The zero-order chi connectivity index (χ0) is 30.2. The average Bonchev–Trinajstić information content (AvgIpc) is 2.98. The van der Waals surface area contributed by atoms with Crippen molar-refractivity contribution in [3.05, 3.63) is 105 Å². The van der Waals surface area contributed by atoms with E-state index in [2.05, 4.69) is 10.3 Å². The highest BCUT2D eigenvalue weighted by Crippen LogP contribution is 2.26. The first-order valence-corrected chi connectivity index (χ1v) is 13.5. The summed E-state index contributed by atoms with van der Waals surface area (Å²) in [6.07, 6.45) is 0.860. The van der Waals surface area contributed by atoms with E-state index in [1.807, 2.05) is 30.3 Å². The van der Waals surface area contributed by atoms with Gasteiger partial charge in [0, 0.05) is 32.9 Å². The Morgan fingerprint density at radius 3 is 2.50 bits per heavy atom. The number of aryl methyl sites for hydroxylation is 1. The van der Waals surface area contributed by atoms with Crippen LogP contribution in [0.3, 0.4) is 0 Å². The van der Waals surface area contributed by atoms with Crippen LogP contribution in [0.4, 0.5) is 9.18 Å². The van der Waals surface area contributed by atoms with Gasteiger partial charge >= 0.3 is 6.09 Å². The Morgan fingerprint density at radius 1 is 1.10 bits per heavy atom. The first kappa shape index (κ1) is 30.2. The van der Waals surface area contributed by atoms with E-state index in [9.17, 15) is 29.0 Å². The molecule has 0 aliphatic rings. The van der Waals surface area contributed by atoms with Crippen molar-refractivity contribution in [2.75, 3.05) is 20.1 Å². The Kier molecular flexibility index (Phi) is 9.87. The standard InChI is InChI=1S/C31H33FN4O6/c1-20(37)17-34-29(39)26-28(38)27-25(16-23(18-33-27)15-21-9-11-24(32)12-10-21)36(30(26)40)14-6-13-35(2)31(41)42-19-22-7-4-3-5-8-22/h3-5,7-12,16,18,20,37-38H,6,13-15,17,19H2,1-2H3,(H,34,39). The van der Waals surface area contributed by atoms with Crippen molar-refractivity contribution in [3.8, 4) is 5.75 Å². The number of aromatic nitrogens is 2. The van der Waals surface area contributed by atoms with Crippen molar-refractivity contribution in [2.45, 2.75) is 39.0 Å². The second kappa shape index (κ2) is 13.7. The number of ether oxygens (including phenoxy) is 1. The van der Waals surface area contributed by atoms with Gasteiger partial charge < -0.3 is 29.7 Å². The van der Waals surface area contributed by atoms with Crippen molar-refractivity contribution in [3.63, 3.8) is 0 Å². The number of fused-ring (bicyclic) bond motifs is 1. The first-order valence-electron chi connectivity index (χ1n) is 13.5. The van der Waals surface area contributed by atoms with Crippen molar-refractivity contribution >= 4 is 23.0 Å². The maximum Gasteiger partial charge on any atom is 0.409 e. The van der Waals surface area contributed by atoms with E-state index in [0.717, 1.165) is 11.1 Å². The van der Waals surface area contributed by atoms with Crippen LogP contribution in [0, 0.1) is 5.82 Å². The molecule has 0 radical (unpaired) electrons. The quantitative estimate of drug-likeness (QED) is 0.248. The van der Waals surface area contributed by atoms with Gasteiger partial charge in [0.15, 0.2) is 5.75 Å². The molecular formula is C31H33FN4O6. The molecule has 0 bridgehead atoms. The van der Waals surface area contributed by atoms with Gasteiger partial charge in [0.25, 0.3) is 11.5 Å². The summed E-state index contributed by atoms with van der Waals surface area (Å²) in [4.78, 5) is 44.7. The molecule has 1 atom stereocenters. The van der Waals surface area contributed by atoms with Crippen molar-refractivity contribution in [2.24, 2.45) is 0 Å². The van der Waals surface area contributed by atoms with Crippen LogP contribution in [0.5, 0.6) is 5.75 Å². The third-order valence-corrected chi connectivity index (χ3v) is 6.63. The molecule has 0 spiro atoms. The number of benzene rings is 2. The van der Waals surface area contributed by atoms with E-state index >= 15 is 0 Å². The Labute approximate surface area is 242 Å². The van der Waals surface area contributed by atoms with Crippen molar-refractivity contribution in [1.29, 1.82) is 0 Å². The number of hydrogen-bond donors (Lipinski definition) is 3. The molecule has 0 aliphatic heterocycles. The Balaban J connectivity index is 1.59. The van der Waals surface area contributed by atoms with Gasteiger partial charge in [-0.05, 0) is 54.7 Å². The number of aliphatic hydroxyl groups excluding tert-OH is 1. The molecular weight excluding hydrogens is 543 g/mol. The normalized spacial score (nSPS) is 11.7. The van der Waals surface area contributed by atoms with Crippen LogP contribution in [0.1, 0.15) is 40.4 Å². The number of nitrogens with zero attached hydrogens (tertiary/aromatic N) is 3. The molecule has 0 saturated heterocycles. The third-order valence-electron chi connectivity index (χ3n) is 6.63. The van der Waals surface area contributed by atoms with Crippen LogP contribution in [0.15, 0.2) is 71.7 Å². The van der Waals surface area contributed by atoms with E-state index < -0.39 is 35.0 Å². The number of pyridine rings is 2. The number of amides is 2. The number of aliphatic hydroxyl groups is 1. The summed E-state index contributed by atoms with van der Waals surface area (Å²) in [5.41, 5.74) is 1.51. The SMILES string of the molecule is CC(O)CNC(=O)c1c(O)c2ncc(Cc3ccc(F)cc3)cc2n(CCCN(C)C(=O)OCc2ccccc2)c1=O. The fraction of sp³-hybridized carbons (Fsp3) is 0.290. The molecule has 1 unspecified atom stereocenters. The van der Waals surface area contributed by atoms with Crippen molar-refractivity contribution in [1.82, 2.24) is 19.8 Å². The molecule has 11 heteroatoms. The number of hydrogen-bond acceptors (Lipinski definition) is 7. The number of nitrogens with one attached hydrogen (secondary N) is 1. The van der Waals surface area contributed by atoms with Crippen LogP contribution in [-0.2, 0) is 24.3 Å². The zero-order valence-electron chi connectivity index (χ0n) is 23.4. The molecule has 4 aromatic rings. The van der Waals surface area contributed by atoms with E-state index in [1.54, 1.807) is 25.2 Å². The summed E-state index contributed by atoms with van der Waals surface area (Å²) in [5.74, 6) is -1.76. The fourth-order valence-corrected chi connectivity index (χ4v) is 4.42. The summed E-state index contributed by atoms with van der Waals surface area (Å²) in [5, 5.41) is 22.9. The molecule has 2 heterocycles. The van der Waals surface area contributed by atoms with Crippen LogP contribution in [-0.4, -0.2) is 62.9 Å². The smallest absolute Gasteiger partial charge is 0.409 e. The number of carbonyl (C=O) groups excluding carboxylic acids is 2. The van der Waals surface area contributed by atoms with E-state index in [0.29, 0.717) is 23.9 Å². The van der Waals surface area contributed by atoms with Gasteiger partial charge in [-0.15, -0.1) is 0 Å². The number of rotatable bonds is 11. The molecule has 0 aliphatic carbocycles. The summed E-state index contributed by atoms with van der Waals surface area (Å²) >= 11 is 0. The van der Waals surface area contributed by atoms with Crippen LogP contribution in [0.2, 0.25) is 0 Å². The lowest BCUT2D eigenvalue weighted by Crippen LogP contribution is -2.37. The molecule has 3 N–H and O–H groups in total. The molecule has 42 heavy (non-hydrogen) atoms. The summed E-state index contributed by atoms with van der Waals surface area (Å²) in [6.45, 7) is 1.83. The second-order valence-corrected chi connectivity index (χ2v) is 10.1. The second-order valence-electron chi connectivity index (χ2n) is 10.1. The van der Waals surface area contributed by atoms with Crippen molar-refractivity contribution < 1.29 is 28.9 Å². The van der Waals surface area contributed by atoms with Crippen LogP contribution >= 0.6 is 0 Å². The van der Waals surface area contributed by atoms with Gasteiger partial charge in [0.2, 0.25) is 0 Å². The largest absolute Gasteiger partial charge is 0.505 e. The highest BCUT2D eigenvalue weighted by atomic mass is 19.1. The molecule has 220 valence electrons. The van der Waals surface area contributed by atoms with Gasteiger partial charge in [0.1, 0.15) is 23.5 Å². The highest BCUT2D eigenvalue weighted by Gasteiger charge is 2.24. The Morgan fingerprint density at radius 2 is 1.81 bits per heavy atom. The Hall–Kier alpha value is -4.77. The molecule has 2 aromatic heterocycles. The number of carbonyl (C=O) groups is 2. The first-order chi connectivity index (χ1) is 20.1. The molecule has 10 nitrogen and oxygen atoms in total. The minimum Gasteiger partial charge on any atom is -0.505 e. The van der Waals surface area contributed by atoms with E-state index in [1.165, 1.54) is 34.7 Å². The van der Waals surface area contributed by atoms with Gasteiger partial charge in [-0.25, -0.2) is 9.18 Å². The van der Waals surface area contributed by atoms with Gasteiger partial charge in [0.05, 0.1) is 11.6 Å². The Bertz CT molecular complexity index is 1610. The van der Waals surface area contributed by atoms with Gasteiger partial charge in [-0.1, -0.05) is 42.5 Å². The maximum absolute atomic E-state index is 13.6. The summed E-state index contributed by atoms with van der Waals surface area (Å²) in [7, 11) is 1.59. The lowest BCUT2D eigenvalue weighted by molar-refractivity contribution is 0.0919. The predicted octanol–water partition coefficient (Wildman–Crippen LogP) is 3.60. The van der Waals surface area contributed by atoms with Gasteiger partial charge in [-0.3, -0.25) is 14.6 Å². The number of aromatic hydroxyl groups is 1. The fourth-order valence-electron chi connectivity index (χ4n) is 4.42. The minimum absolute atomic E-state index is 0.0512. The van der Waals surface area contributed by atoms with Gasteiger partial charge in [-0.2, -0.15) is 0 Å². The topological polar surface area (TPSA) is 134 Å². The molecule has 0 fully saturated rings. The number of halogens is 1. The van der Waals surface area contributed by atoms with E-state index in [-0.39, 0.29) is 37.6 Å². The van der Waals surface area contributed by atoms with Crippen LogP contribution in [0.25, 0.3) is 11.0 Å². The zero-order valence-corrected chi connectivity index (χ0v) is 23.4. The lowest BCUT2D eigenvalue weighted by Gasteiger charge is -2.19. The van der Waals surface area contributed by atoms with Crippen LogP contribution < -0.4 is 10.9 Å².